The summed E-state index contributed by atoms with van der Waals surface area (Å²) in [6.45, 7) is 22.2. The molecule has 6 heteroatoms. The molecule has 0 spiro atoms. The van der Waals surface area contributed by atoms with Crippen LogP contribution in [0.5, 0.6) is 0 Å². The minimum absolute atomic E-state index is 0.103. The highest BCUT2D eigenvalue weighted by Crippen LogP contribution is 2.47. The Kier molecular flexibility index (Phi) is 6.82. The lowest BCUT2D eigenvalue weighted by molar-refractivity contribution is 0.591. The van der Waals surface area contributed by atoms with Crippen LogP contribution in [-0.2, 0) is 10.8 Å². The standard InChI is InChI=1S/C52H38N4O2/c1-51(2,3)30-16-20-38-36(26-30)46-40(22-18-34-32-12-8-10-14-44(32)57-49(34)46)55(38)42-24-29(28-53)25-43(48(42)54-7)56-39-21-17-31(52(4,5)6)27-37(39)47-41(56)23-19-35-33-13-9-11-15-45(33)58-50(35)47/h8-27H,1-6H3. The van der Waals surface area contributed by atoms with Crippen LogP contribution in [0, 0.1) is 17.9 Å². The van der Waals surface area contributed by atoms with Crippen LogP contribution in [0.1, 0.15) is 58.2 Å². The number of hydrogen-bond acceptors (Lipinski definition) is 3. The maximum Gasteiger partial charge on any atom is 0.234 e. The van der Waals surface area contributed by atoms with Gasteiger partial charge in [0.05, 0.1) is 62.4 Å². The van der Waals surface area contributed by atoms with Crippen molar-refractivity contribution in [2.24, 2.45) is 0 Å². The lowest BCUT2D eigenvalue weighted by Gasteiger charge is -2.20. The maximum atomic E-state index is 10.7. The van der Waals surface area contributed by atoms with Crippen LogP contribution in [0.3, 0.4) is 0 Å². The predicted octanol–water partition coefficient (Wildman–Crippen LogP) is 14.7. The van der Waals surface area contributed by atoms with Crippen LogP contribution in [-0.4, -0.2) is 9.13 Å². The molecule has 6 nitrogen and oxygen atoms in total. The van der Waals surface area contributed by atoms with Crippen LogP contribution in [0.25, 0.3) is 104 Å². The van der Waals surface area contributed by atoms with E-state index >= 15 is 0 Å². The highest BCUT2D eigenvalue weighted by Gasteiger charge is 2.27. The van der Waals surface area contributed by atoms with Crippen molar-refractivity contribution in [3.63, 3.8) is 0 Å². The Balaban J connectivity index is 1.29. The summed E-state index contributed by atoms with van der Waals surface area (Å²) in [5, 5.41) is 18.9. The summed E-state index contributed by atoms with van der Waals surface area (Å²) >= 11 is 0. The van der Waals surface area contributed by atoms with Crippen LogP contribution in [0.4, 0.5) is 5.69 Å². The van der Waals surface area contributed by atoms with Crippen molar-refractivity contribution in [3.8, 4) is 17.4 Å². The van der Waals surface area contributed by atoms with Gasteiger partial charge in [-0.3, -0.25) is 0 Å². The Morgan fingerprint density at radius 3 is 1.36 bits per heavy atom. The fraction of sp³-hybridized carbons (Fsp3) is 0.154. The molecule has 0 aliphatic rings. The smallest absolute Gasteiger partial charge is 0.234 e. The number of aromatic nitrogens is 2. The van der Waals surface area contributed by atoms with Crippen molar-refractivity contribution in [1.29, 1.82) is 5.26 Å². The molecule has 0 aliphatic heterocycles. The number of benzene rings is 7. The zero-order valence-electron chi connectivity index (χ0n) is 33.2. The van der Waals surface area contributed by atoms with Crippen LogP contribution in [0.2, 0.25) is 0 Å². The van der Waals surface area contributed by atoms with Gasteiger partial charge in [0.2, 0.25) is 5.69 Å². The van der Waals surface area contributed by atoms with Gasteiger partial charge in [0, 0.05) is 32.3 Å². The van der Waals surface area contributed by atoms with Gasteiger partial charge in [-0.2, -0.15) is 5.26 Å². The zero-order valence-corrected chi connectivity index (χ0v) is 33.2. The molecule has 0 N–H and O–H groups in total. The van der Waals surface area contributed by atoms with E-state index in [1.54, 1.807) is 0 Å². The summed E-state index contributed by atoms with van der Waals surface area (Å²) in [6.07, 6.45) is 0. The fourth-order valence-electron chi connectivity index (χ4n) is 9.15. The lowest BCUT2D eigenvalue weighted by Crippen LogP contribution is -2.10. The summed E-state index contributed by atoms with van der Waals surface area (Å²) in [5.74, 6) is 0. The lowest BCUT2D eigenvalue weighted by atomic mass is 9.86. The Morgan fingerprint density at radius 2 is 0.948 bits per heavy atom. The number of rotatable bonds is 2. The van der Waals surface area contributed by atoms with Crippen molar-refractivity contribution < 1.29 is 8.83 Å². The van der Waals surface area contributed by atoms with Gasteiger partial charge in [0.25, 0.3) is 0 Å². The van der Waals surface area contributed by atoms with Gasteiger partial charge in [-0.05, 0) is 94.8 Å². The van der Waals surface area contributed by atoms with E-state index in [4.69, 9.17) is 15.4 Å². The van der Waals surface area contributed by atoms with Gasteiger partial charge in [-0.1, -0.05) is 90.1 Å². The highest BCUT2D eigenvalue weighted by atomic mass is 16.3. The normalized spacial score (nSPS) is 12.6. The molecule has 7 aromatic carbocycles. The van der Waals surface area contributed by atoms with Gasteiger partial charge < -0.3 is 18.0 Å². The van der Waals surface area contributed by atoms with Crippen LogP contribution in [0.15, 0.2) is 130 Å². The van der Waals surface area contributed by atoms with E-state index in [0.29, 0.717) is 22.6 Å². The third-order valence-electron chi connectivity index (χ3n) is 12.1. The number of para-hydroxylation sites is 2. The Bertz CT molecular complexity index is 3440. The van der Waals surface area contributed by atoms with Crippen LogP contribution >= 0.6 is 0 Å². The van der Waals surface area contributed by atoms with Crippen molar-refractivity contribution in [2.75, 3.05) is 0 Å². The van der Waals surface area contributed by atoms with Gasteiger partial charge >= 0.3 is 0 Å². The van der Waals surface area contributed by atoms with E-state index in [9.17, 15) is 5.26 Å². The molecule has 0 amide bonds. The van der Waals surface area contributed by atoms with Crippen molar-refractivity contribution in [2.45, 2.75) is 52.4 Å². The number of furan rings is 2. The molecule has 0 bridgehead atoms. The molecule has 11 rings (SSSR count). The van der Waals surface area contributed by atoms with Gasteiger partial charge in [0.1, 0.15) is 22.3 Å². The third-order valence-corrected chi connectivity index (χ3v) is 12.1. The first-order valence-corrected chi connectivity index (χ1v) is 19.7. The van der Waals surface area contributed by atoms with E-state index in [1.165, 1.54) is 11.1 Å². The summed E-state index contributed by atoms with van der Waals surface area (Å²) in [4.78, 5) is 4.34. The summed E-state index contributed by atoms with van der Waals surface area (Å²) in [7, 11) is 0. The summed E-state index contributed by atoms with van der Waals surface area (Å²) in [6, 6.07) is 44.2. The minimum Gasteiger partial charge on any atom is -0.455 e. The molecule has 0 fully saturated rings. The second-order valence-electron chi connectivity index (χ2n) is 17.6. The van der Waals surface area contributed by atoms with E-state index < -0.39 is 0 Å². The second kappa shape index (κ2) is 11.6. The molecule has 0 atom stereocenters. The van der Waals surface area contributed by atoms with Crippen LogP contribution < -0.4 is 0 Å². The quantitative estimate of drug-likeness (QED) is 0.165. The van der Waals surface area contributed by atoms with Crippen molar-refractivity contribution >= 4 is 93.2 Å². The largest absolute Gasteiger partial charge is 0.455 e. The summed E-state index contributed by atoms with van der Waals surface area (Å²) in [5.41, 5.74) is 11.3. The Hall–Kier alpha value is -7.28. The minimum atomic E-state index is -0.103. The van der Waals surface area contributed by atoms with E-state index in [0.717, 1.165) is 87.5 Å². The van der Waals surface area contributed by atoms with E-state index in [2.05, 4.69) is 134 Å². The topological polar surface area (TPSA) is 64.3 Å². The number of hydrogen-bond donors (Lipinski definition) is 0. The number of fused-ring (bicyclic) bond motifs is 14. The molecule has 0 saturated carbocycles. The van der Waals surface area contributed by atoms with Gasteiger partial charge in [0.15, 0.2) is 0 Å². The molecule has 0 unspecified atom stereocenters. The van der Waals surface area contributed by atoms with Crippen molar-refractivity contribution in [3.05, 3.63) is 149 Å². The Morgan fingerprint density at radius 1 is 0.517 bits per heavy atom. The third kappa shape index (κ3) is 4.63. The van der Waals surface area contributed by atoms with Gasteiger partial charge in [-0.25, -0.2) is 4.85 Å². The Labute approximate surface area is 334 Å². The average molecular weight is 751 g/mol. The monoisotopic (exact) mass is 750 g/mol. The highest BCUT2D eigenvalue weighted by molar-refractivity contribution is 6.25. The molecular formula is C52H38N4O2. The summed E-state index contributed by atoms with van der Waals surface area (Å²) < 4.78 is 17.7. The molecule has 58 heavy (non-hydrogen) atoms. The molecular weight excluding hydrogens is 713 g/mol. The molecule has 278 valence electrons. The van der Waals surface area contributed by atoms with E-state index in [1.807, 2.05) is 48.5 Å². The first-order valence-electron chi connectivity index (χ1n) is 19.7. The maximum absolute atomic E-state index is 10.7. The van der Waals surface area contributed by atoms with Crippen molar-refractivity contribution in [1.82, 2.24) is 9.13 Å². The molecule has 4 aromatic heterocycles. The molecule has 0 aliphatic carbocycles. The fourth-order valence-corrected chi connectivity index (χ4v) is 9.15. The molecule has 0 saturated heterocycles. The molecule has 11 aromatic rings. The molecule has 4 heterocycles. The SMILES string of the molecule is [C-]#[N+]c1c(-n2c3ccc(C(C)(C)C)cc3c3c4oc5ccccc5c4ccc32)cc(C#N)cc1-n1c2ccc(C(C)(C)C)cc2c2c3oc4ccccc4c3ccc21. The van der Waals surface area contributed by atoms with Gasteiger partial charge in [-0.15, -0.1) is 0 Å². The number of nitrogens with zero attached hydrogens (tertiary/aromatic N) is 4. The first kappa shape index (κ1) is 34.0. The van der Waals surface area contributed by atoms with E-state index in [-0.39, 0.29) is 10.8 Å². The molecule has 0 radical (unpaired) electrons. The zero-order chi connectivity index (χ0) is 39.8. The predicted molar refractivity (Wildman–Crippen MR) is 238 cm³/mol. The average Bonchev–Trinajstić information content (AvgIpc) is 3.96. The second-order valence-corrected chi connectivity index (χ2v) is 17.6. The number of nitriles is 1. The first-order chi connectivity index (χ1) is 27.9.